The van der Waals surface area contributed by atoms with Gasteiger partial charge in [0.05, 0.1) is 10.6 Å². The fraction of sp³-hybridized carbons (Fsp3) is 0.368. The molecule has 26 heavy (non-hydrogen) atoms. The molecular weight excluding hydrogens is 350 g/mol. The highest BCUT2D eigenvalue weighted by molar-refractivity contribution is 7.91. The van der Waals surface area contributed by atoms with Crippen molar-refractivity contribution in [1.29, 1.82) is 0 Å². The minimum Gasteiger partial charge on any atom is -0.505 e. The van der Waals surface area contributed by atoms with Crippen molar-refractivity contribution in [2.45, 2.75) is 44.9 Å². The second-order valence-electron chi connectivity index (χ2n) is 7.47. The SMILES string of the molecule is CCS(=O)(=O)c1ccc2nn(-c3cc(C)cc(C(C)(C)C)c3O)nc2c1. The fourth-order valence-electron chi connectivity index (χ4n) is 2.85. The summed E-state index contributed by atoms with van der Waals surface area (Å²) in [7, 11) is -3.31. The van der Waals surface area contributed by atoms with Crippen molar-refractivity contribution < 1.29 is 13.5 Å². The van der Waals surface area contributed by atoms with Gasteiger partial charge in [-0.05, 0) is 42.2 Å². The molecule has 0 saturated heterocycles. The molecule has 0 fully saturated rings. The molecule has 0 spiro atoms. The number of phenolic OH excluding ortho intramolecular Hbond substituents is 1. The van der Waals surface area contributed by atoms with Crippen LogP contribution in [-0.2, 0) is 15.3 Å². The van der Waals surface area contributed by atoms with Crippen LogP contribution in [0, 0.1) is 6.92 Å². The Balaban J connectivity index is 2.20. The first-order chi connectivity index (χ1) is 12.0. The van der Waals surface area contributed by atoms with Gasteiger partial charge in [-0.2, -0.15) is 0 Å². The first-order valence-corrected chi connectivity index (χ1v) is 10.1. The molecule has 1 heterocycles. The molecule has 0 unspecified atom stereocenters. The minimum atomic E-state index is -3.31. The molecule has 0 atom stereocenters. The van der Waals surface area contributed by atoms with Crippen LogP contribution in [0.2, 0.25) is 0 Å². The van der Waals surface area contributed by atoms with E-state index in [-0.39, 0.29) is 21.8 Å². The van der Waals surface area contributed by atoms with Crippen LogP contribution in [0.25, 0.3) is 16.7 Å². The predicted octanol–water partition coefficient (Wildman–Crippen LogP) is 3.53. The van der Waals surface area contributed by atoms with Crippen LogP contribution in [0.15, 0.2) is 35.2 Å². The summed E-state index contributed by atoms with van der Waals surface area (Å²) in [5, 5.41) is 19.6. The number of rotatable bonds is 3. The summed E-state index contributed by atoms with van der Waals surface area (Å²) in [4.78, 5) is 1.59. The average molecular weight is 373 g/mol. The third-order valence-electron chi connectivity index (χ3n) is 4.35. The zero-order valence-electron chi connectivity index (χ0n) is 15.6. The molecule has 2 aromatic carbocycles. The second kappa shape index (κ2) is 6.09. The molecule has 0 aliphatic carbocycles. The molecule has 0 radical (unpaired) electrons. The Labute approximate surface area is 153 Å². The Morgan fingerprint density at radius 1 is 1.08 bits per heavy atom. The summed E-state index contributed by atoms with van der Waals surface area (Å²) in [6.45, 7) is 9.64. The normalized spacial score (nSPS) is 12.7. The Morgan fingerprint density at radius 3 is 2.35 bits per heavy atom. The molecule has 0 bridgehead atoms. The molecule has 0 aliphatic heterocycles. The molecule has 3 rings (SSSR count). The van der Waals surface area contributed by atoms with Gasteiger partial charge in [-0.1, -0.05) is 33.8 Å². The molecule has 1 aromatic heterocycles. The van der Waals surface area contributed by atoms with Crippen LogP contribution < -0.4 is 0 Å². The van der Waals surface area contributed by atoms with E-state index in [1.54, 1.807) is 13.0 Å². The molecule has 0 amide bonds. The highest BCUT2D eigenvalue weighted by Crippen LogP contribution is 2.36. The maximum absolute atomic E-state index is 12.1. The summed E-state index contributed by atoms with van der Waals surface area (Å²) in [6.07, 6.45) is 0. The summed E-state index contributed by atoms with van der Waals surface area (Å²) in [5.41, 5.74) is 3.07. The highest BCUT2D eigenvalue weighted by atomic mass is 32.2. The lowest BCUT2D eigenvalue weighted by Gasteiger charge is -2.22. The van der Waals surface area contributed by atoms with Crippen molar-refractivity contribution in [2.75, 3.05) is 5.75 Å². The summed E-state index contributed by atoms with van der Waals surface area (Å²) >= 11 is 0. The van der Waals surface area contributed by atoms with Gasteiger partial charge in [-0.25, -0.2) is 8.42 Å². The minimum absolute atomic E-state index is 0.0280. The van der Waals surface area contributed by atoms with Crippen molar-refractivity contribution in [3.05, 3.63) is 41.5 Å². The summed E-state index contributed by atoms with van der Waals surface area (Å²) < 4.78 is 24.2. The smallest absolute Gasteiger partial charge is 0.178 e. The van der Waals surface area contributed by atoms with Crippen molar-refractivity contribution in [2.24, 2.45) is 0 Å². The van der Waals surface area contributed by atoms with Gasteiger partial charge in [0, 0.05) is 5.56 Å². The van der Waals surface area contributed by atoms with Crippen LogP contribution in [0.4, 0.5) is 0 Å². The molecular formula is C19H23N3O3S. The van der Waals surface area contributed by atoms with Gasteiger partial charge in [0.2, 0.25) is 0 Å². The molecule has 0 aliphatic rings. The number of sulfone groups is 1. The lowest BCUT2D eigenvalue weighted by Crippen LogP contribution is -2.13. The number of phenols is 1. The monoisotopic (exact) mass is 373 g/mol. The van der Waals surface area contributed by atoms with E-state index in [0.717, 1.165) is 11.1 Å². The van der Waals surface area contributed by atoms with E-state index in [1.165, 1.54) is 16.9 Å². The van der Waals surface area contributed by atoms with Crippen molar-refractivity contribution >= 4 is 20.9 Å². The standard InChI is InChI=1S/C19H23N3O3S/c1-6-26(24,25)13-7-8-15-16(11-13)21-22(20-15)17-10-12(2)9-14(18(17)23)19(3,4)5/h7-11,23H,6H2,1-5H3. The number of benzene rings is 2. The Morgan fingerprint density at radius 2 is 1.73 bits per heavy atom. The number of hydrogen-bond acceptors (Lipinski definition) is 5. The predicted molar refractivity (Wildman–Crippen MR) is 102 cm³/mol. The van der Waals surface area contributed by atoms with Crippen molar-refractivity contribution in [3.8, 4) is 11.4 Å². The van der Waals surface area contributed by atoms with Crippen LogP contribution in [0.3, 0.4) is 0 Å². The first-order valence-electron chi connectivity index (χ1n) is 8.47. The fourth-order valence-corrected chi connectivity index (χ4v) is 3.75. The van der Waals surface area contributed by atoms with E-state index in [2.05, 4.69) is 10.2 Å². The maximum atomic E-state index is 12.1. The van der Waals surface area contributed by atoms with Crippen LogP contribution in [0.5, 0.6) is 5.75 Å². The van der Waals surface area contributed by atoms with Crippen molar-refractivity contribution in [3.63, 3.8) is 0 Å². The lowest BCUT2D eigenvalue weighted by molar-refractivity contribution is 0.440. The largest absolute Gasteiger partial charge is 0.505 e. The van der Waals surface area contributed by atoms with E-state index in [1.807, 2.05) is 39.8 Å². The van der Waals surface area contributed by atoms with Gasteiger partial charge in [0.1, 0.15) is 22.5 Å². The lowest BCUT2D eigenvalue weighted by atomic mass is 9.85. The van der Waals surface area contributed by atoms with Crippen LogP contribution in [0.1, 0.15) is 38.8 Å². The van der Waals surface area contributed by atoms with Gasteiger partial charge < -0.3 is 5.11 Å². The number of aromatic hydroxyl groups is 1. The van der Waals surface area contributed by atoms with Gasteiger partial charge in [0.25, 0.3) is 0 Å². The summed E-state index contributed by atoms with van der Waals surface area (Å²) in [6, 6.07) is 8.46. The Hall–Kier alpha value is -2.41. The van der Waals surface area contributed by atoms with Crippen LogP contribution >= 0.6 is 0 Å². The number of fused-ring (bicyclic) bond motifs is 1. The van der Waals surface area contributed by atoms with Gasteiger partial charge in [0.15, 0.2) is 9.84 Å². The second-order valence-corrected chi connectivity index (χ2v) is 9.75. The number of aryl methyl sites for hydroxylation is 1. The number of aromatic nitrogens is 3. The molecule has 6 nitrogen and oxygen atoms in total. The zero-order valence-corrected chi connectivity index (χ0v) is 16.4. The summed E-state index contributed by atoms with van der Waals surface area (Å²) in [5.74, 6) is 0.157. The molecule has 1 N–H and O–H groups in total. The molecule has 7 heteroatoms. The number of hydrogen-bond donors (Lipinski definition) is 1. The zero-order chi connectivity index (χ0) is 19.3. The third-order valence-corrected chi connectivity index (χ3v) is 6.08. The average Bonchev–Trinajstić information content (AvgIpc) is 2.98. The van der Waals surface area contributed by atoms with Gasteiger partial charge in [-0.3, -0.25) is 0 Å². The highest BCUT2D eigenvalue weighted by Gasteiger charge is 2.23. The molecule has 0 saturated carbocycles. The third kappa shape index (κ3) is 3.19. The Kier molecular flexibility index (Phi) is 4.30. The van der Waals surface area contributed by atoms with E-state index in [0.29, 0.717) is 16.7 Å². The quantitative estimate of drug-likeness (QED) is 0.759. The van der Waals surface area contributed by atoms with E-state index >= 15 is 0 Å². The molecule has 3 aromatic rings. The first kappa shape index (κ1) is 18.4. The van der Waals surface area contributed by atoms with Crippen LogP contribution in [-0.4, -0.2) is 34.3 Å². The number of nitrogens with zero attached hydrogens (tertiary/aromatic N) is 3. The van der Waals surface area contributed by atoms with Gasteiger partial charge >= 0.3 is 0 Å². The van der Waals surface area contributed by atoms with E-state index in [9.17, 15) is 13.5 Å². The maximum Gasteiger partial charge on any atom is 0.178 e. The molecule has 138 valence electrons. The van der Waals surface area contributed by atoms with Gasteiger partial charge in [-0.15, -0.1) is 15.0 Å². The van der Waals surface area contributed by atoms with E-state index < -0.39 is 9.84 Å². The Bertz CT molecular complexity index is 1090. The van der Waals surface area contributed by atoms with E-state index in [4.69, 9.17) is 0 Å². The van der Waals surface area contributed by atoms with Crippen molar-refractivity contribution in [1.82, 2.24) is 15.0 Å². The topological polar surface area (TPSA) is 85.1 Å².